The van der Waals surface area contributed by atoms with Crippen LogP contribution in [-0.2, 0) is 11.3 Å². The van der Waals surface area contributed by atoms with Crippen molar-refractivity contribution in [3.8, 4) is 5.75 Å². The van der Waals surface area contributed by atoms with Gasteiger partial charge in [0.2, 0.25) is 0 Å². The molecule has 1 saturated heterocycles. The van der Waals surface area contributed by atoms with Crippen molar-refractivity contribution in [3.63, 3.8) is 0 Å². The number of piperazine rings is 1. The maximum atomic E-state index is 12.3. The molecule has 0 aliphatic carbocycles. The summed E-state index contributed by atoms with van der Waals surface area (Å²) in [6.07, 6.45) is -0.573. The van der Waals surface area contributed by atoms with Crippen LogP contribution in [0.25, 0.3) is 0 Å². The number of ether oxygens (including phenoxy) is 1. The second-order valence-electron chi connectivity index (χ2n) is 6.89. The van der Waals surface area contributed by atoms with E-state index in [9.17, 15) is 4.79 Å². The van der Waals surface area contributed by atoms with Crippen LogP contribution in [-0.4, -0.2) is 50.1 Å². The molecule has 27 heavy (non-hydrogen) atoms. The Morgan fingerprint density at radius 1 is 1.07 bits per heavy atom. The number of nitrogens with zero attached hydrogens (tertiary/aromatic N) is 2. The molecule has 1 N–H and O–H groups in total. The lowest BCUT2D eigenvalue weighted by Gasteiger charge is -2.34. The zero-order valence-corrected chi connectivity index (χ0v) is 16.6. The van der Waals surface area contributed by atoms with Gasteiger partial charge in [0.25, 0.3) is 5.91 Å². The van der Waals surface area contributed by atoms with Gasteiger partial charge in [-0.25, -0.2) is 0 Å². The molecule has 0 aromatic heterocycles. The maximum absolute atomic E-state index is 12.3. The number of amides is 1. The quantitative estimate of drug-likeness (QED) is 0.826. The number of carbonyl (C=O) groups excluding carboxylic acids is 1. The van der Waals surface area contributed by atoms with Crippen LogP contribution in [0.15, 0.2) is 48.5 Å². The molecule has 0 spiro atoms. The van der Waals surface area contributed by atoms with Gasteiger partial charge in [-0.15, -0.1) is 0 Å². The molecule has 2 aromatic rings. The van der Waals surface area contributed by atoms with Crippen molar-refractivity contribution in [2.24, 2.45) is 0 Å². The third-order valence-corrected chi connectivity index (χ3v) is 5.02. The molecule has 5 nitrogen and oxygen atoms in total. The molecule has 0 bridgehead atoms. The standard InChI is InChI=1S/C21H26ClN3O2/c1-16(27-20-9-5-18(22)6-10-20)21(26)23-15-17-3-7-19(8-4-17)25-13-11-24(2)12-14-25/h3-10,16H,11-15H2,1-2H3,(H,23,26)/t16-/m0/s1. The van der Waals surface area contributed by atoms with Crippen LogP contribution in [0.4, 0.5) is 5.69 Å². The van der Waals surface area contributed by atoms with Gasteiger partial charge in [-0.05, 0) is 55.9 Å². The lowest BCUT2D eigenvalue weighted by Crippen LogP contribution is -2.44. The lowest BCUT2D eigenvalue weighted by atomic mass is 10.1. The minimum atomic E-state index is -0.573. The SMILES string of the molecule is C[C@H](Oc1ccc(Cl)cc1)C(=O)NCc1ccc(N2CCN(C)CC2)cc1. The summed E-state index contributed by atoms with van der Waals surface area (Å²) in [7, 11) is 2.15. The highest BCUT2D eigenvalue weighted by Crippen LogP contribution is 2.18. The highest BCUT2D eigenvalue weighted by atomic mass is 35.5. The van der Waals surface area contributed by atoms with Crippen molar-refractivity contribution < 1.29 is 9.53 Å². The number of hydrogen-bond donors (Lipinski definition) is 1. The van der Waals surface area contributed by atoms with Crippen molar-refractivity contribution in [2.45, 2.75) is 19.6 Å². The smallest absolute Gasteiger partial charge is 0.261 e. The summed E-state index contributed by atoms with van der Waals surface area (Å²) in [4.78, 5) is 17.0. The Hall–Kier alpha value is -2.24. The van der Waals surface area contributed by atoms with Gasteiger partial charge in [-0.3, -0.25) is 4.79 Å². The van der Waals surface area contributed by atoms with E-state index in [4.69, 9.17) is 16.3 Å². The molecule has 0 saturated carbocycles. The molecule has 144 valence electrons. The number of benzene rings is 2. The predicted molar refractivity (Wildman–Crippen MR) is 110 cm³/mol. The fourth-order valence-corrected chi connectivity index (χ4v) is 3.12. The summed E-state index contributed by atoms with van der Waals surface area (Å²) in [6, 6.07) is 15.4. The van der Waals surface area contributed by atoms with Crippen LogP contribution in [0, 0.1) is 0 Å². The first-order valence-electron chi connectivity index (χ1n) is 9.23. The first kappa shape index (κ1) is 19.5. The highest BCUT2D eigenvalue weighted by molar-refractivity contribution is 6.30. The minimum Gasteiger partial charge on any atom is -0.481 e. The average molecular weight is 388 g/mol. The zero-order valence-electron chi connectivity index (χ0n) is 15.8. The minimum absolute atomic E-state index is 0.145. The van der Waals surface area contributed by atoms with Crippen LogP contribution in [0.1, 0.15) is 12.5 Å². The molecule has 0 radical (unpaired) electrons. The number of anilines is 1. The molecular weight excluding hydrogens is 362 g/mol. The molecule has 1 atom stereocenters. The van der Waals surface area contributed by atoms with E-state index >= 15 is 0 Å². The van der Waals surface area contributed by atoms with Crippen LogP contribution in [0.5, 0.6) is 5.75 Å². The van der Waals surface area contributed by atoms with Crippen LogP contribution >= 0.6 is 11.6 Å². The van der Waals surface area contributed by atoms with Crippen LogP contribution in [0.2, 0.25) is 5.02 Å². The number of likely N-dealkylation sites (N-methyl/N-ethyl adjacent to an activating group) is 1. The van der Waals surface area contributed by atoms with Gasteiger partial charge >= 0.3 is 0 Å². The monoisotopic (exact) mass is 387 g/mol. The van der Waals surface area contributed by atoms with Crippen molar-refractivity contribution >= 4 is 23.2 Å². The fourth-order valence-electron chi connectivity index (χ4n) is 2.99. The molecule has 1 fully saturated rings. The average Bonchev–Trinajstić information content (AvgIpc) is 2.69. The molecule has 1 aliphatic heterocycles. The summed E-state index contributed by atoms with van der Waals surface area (Å²) in [5.74, 6) is 0.478. The second kappa shape index (κ2) is 9.11. The second-order valence-corrected chi connectivity index (χ2v) is 7.33. The molecular formula is C21H26ClN3O2. The van der Waals surface area contributed by atoms with E-state index in [1.54, 1.807) is 31.2 Å². The van der Waals surface area contributed by atoms with Gasteiger partial charge in [0.1, 0.15) is 5.75 Å². The number of rotatable bonds is 6. The third-order valence-electron chi connectivity index (χ3n) is 4.77. The largest absolute Gasteiger partial charge is 0.481 e. The third kappa shape index (κ3) is 5.62. The fraction of sp³-hybridized carbons (Fsp3) is 0.381. The Bertz CT molecular complexity index is 741. The molecule has 1 heterocycles. The first-order valence-corrected chi connectivity index (χ1v) is 9.61. The van der Waals surface area contributed by atoms with E-state index in [0.29, 0.717) is 17.3 Å². The Balaban J connectivity index is 1.47. The molecule has 0 unspecified atom stereocenters. The highest BCUT2D eigenvalue weighted by Gasteiger charge is 2.15. The van der Waals surface area contributed by atoms with E-state index in [1.807, 2.05) is 0 Å². The van der Waals surface area contributed by atoms with Gasteiger partial charge in [-0.1, -0.05) is 23.7 Å². The van der Waals surface area contributed by atoms with Crippen LogP contribution < -0.4 is 15.0 Å². The van der Waals surface area contributed by atoms with Gasteiger partial charge in [0.15, 0.2) is 6.10 Å². The van der Waals surface area contributed by atoms with Gasteiger partial charge < -0.3 is 19.9 Å². The van der Waals surface area contributed by atoms with Crippen molar-refractivity contribution in [3.05, 3.63) is 59.1 Å². The van der Waals surface area contributed by atoms with Gasteiger partial charge in [-0.2, -0.15) is 0 Å². The van der Waals surface area contributed by atoms with E-state index in [1.165, 1.54) is 5.69 Å². The van der Waals surface area contributed by atoms with E-state index in [0.717, 1.165) is 31.7 Å². The van der Waals surface area contributed by atoms with Gasteiger partial charge in [0, 0.05) is 43.4 Å². The molecule has 1 amide bonds. The Morgan fingerprint density at radius 2 is 1.70 bits per heavy atom. The Morgan fingerprint density at radius 3 is 2.33 bits per heavy atom. The summed E-state index contributed by atoms with van der Waals surface area (Å²) < 4.78 is 5.65. The van der Waals surface area contributed by atoms with E-state index in [-0.39, 0.29) is 5.91 Å². The number of halogens is 1. The summed E-state index contributed by atoms with van der Waals surface area (Å²) in [5.41, 5.74) is 2.30. The summed E-state index contributed by atoms with van der Waals surface area (Å²) >= 11 is 5.86. The summed E-state index contributed by atoms with van der Waals surface area (Å²) in [5, 5.41) is 3.56. The van der Waals surface area contributed by atoms with Crippen LogP contribution in [0.3, 0.4) is 0 Å². The Kier molecular flexibility index (Phi) is 6.58. The normalized spacial score (nSPS) is 16.0. The van der Waals surface area contributed by atoms with Crippen molar-refractivity contribution in [1.29, 1.82) is 0 Å². The molecule has 1 aliphatic rings. The Labute approximate surface area is 165 Å². The van der Waals surface area contributed by atoms with Crippen molar-refractivity contribution in [1.82, 2.24) is 10.2 Å². The van der Waals surface area contributed by atoms with E-state index in [2.05, 4.69) is 46.4 Å². The lowest BCUT2D eigenvalue weighted by molar-refractivity contribution is -0.127. The van der Waals surface area contributed by atoms with E-state index < -0.39 is 6.10 Å². The number of nitrogens with one attached hydrogen (secondary N) is 1. The van der Waals surface area contributed by atoms with Crippen molar-refractivity contribution in [2.75, 3.05) is 38.1 Å². The molecule has 2 aromatic carbocycles. The predicted octanol–water partition coefficient (Wildman–Crippen LogP) is 3.18. The van der Waals surface area contributed by atoms with Gasteiger partial charge in [0.05, 0.1) is 0 Å². The summed E-state index contributed by atoms with van der Waals surface area (Å²) in [6.45, 7) is 6.49. The topological polar surface area (TPSA) is 44.8 Å². The molecule has 3 rings (SSSR count). The maximum Gasteiger partial charge on any atom is 0.261 e. The first-order chi connectivity index (χ1) is 13.0. The molecule has 6 heteroatoms. The zero-order chi connectivity index (χ0) is 19.2. The number of carbonyl (C=O) groups is 1. The number of hydrogen-bond acceptors (Lipinski definition) is 4.